The van der Waals surface area contributed by atoms with E-state index in [1.54, 1.807) is 38.6 Å². The van der Waals surface area contributed by atoms with Crippen molar-refractivity contribution in [3.05, 3.63) is 88.0 Å². The topological polar surface area (TPSA) is 83.2 Å². The minimum Gasteiger partial charge on any atom is -0.497 e. The van der Waals surface area contributed by atoms with Gasteiger partial charge >= 0.3 is 0 Å². The van der Waals surface area contributed by atoms with Gasteiger partial charge in [0.15, 0.2) is 11.5 Å². The summed E-state index contributed by atoms with van der Waals surface area (Å²) in [5, 5.41) is 10.7. The van der Waals surface area contributed by atoms with E-state index in [2.05, 4.69) is 4.99 Å². The second-order valence-corrected chi connectivity index (χ2v) is 6.08. The van der Waals surface area contributed by atoms with Gasteiger partial charge in [-0.25, -0.2) is 0 Å². The molecule has 0 fully saturated rings. The van der Waals surface area contributed by atoms with Crippen molar-refractivity contribution < 1.29 is 19.1 Å². The monoisotopic (exact) mass is 392 g/mol. The fourth-order valence-electron chi connectivity index (χ4n) is 2.58. The zero-order valence-electron chi connectivity index (χ0n) is 16.1. The summed E-state index contributed by atoms with van der Waals surface area (Å²) in [6, 6.07) is 19.2. The van der Waals surface area contributed by atoms with Crippen LogP contribution in [0.5, 0.6) is 17.2 Å². The van der Waals surface area contributed by atoms with Gasteiger partial charge in [0.1, 0.15) is 12.4 Å². The third-order valence-corrected chi connectivity index (χ3v) is 4.16. The second kappa shape index (κ2) is 9.36. The molecule has 0 heterocycles. The van der Waals surface area contributed by atoms with E-state index in [-0.39, 0.29) is 12.3 Å². The lowest BCUT2D eigenvalue weighted by Gasteiger charge is -2.11. The van der Waals surface area contributed by atoms with Gasteiger partial charge in [-0.15, -0.1) is 0 Å². The molecule has 0 aliphatic rings. The lowest BCUT2D eigenvalue weighted by Crippen LogP contribution is -1.99. The van der Waals surface area contributed by atoms with Crippen molar-refractivity contribution in [3.8, 4) is 17.2 Å². The lowest BCUT2D eigenvalue weighted by atomic mass is 10.2. The molecule has 148 valence electrons. The van der Waals surface area contributed by atoms with E-state index in [0.717, 1.165) is 22.6 Å². The maximum absolute atomic E-state index is 10.7. The van der Waals surface area contributed by atoms with Gasteiger partial charge in [-0.05, 0) is 65.7 Å². The zero-order valence-corrected chi connectivity index (χ0v) is 16.1. The summed E-state index contributed by atoms with van der Waals surface area (Å²) in [6.45, 7) is 0.271. The van der Waals surface area contributed by atoms with Gasteiger partial charge in [-0.3, -0.25) is 15.1 Å². The Labute approximate surface area is 168 Å². The summed E-state index contributed by atoms with van der Waals surface area (Å²) in [6.07, 6.45) is 1.74. The zero-order chi connectivity index (χ0) is 20.6. The van der Waals surface area contributed by atoms with Gasteiger partial charge < -0.3 is 14.2 Å². The molecule has 0 atom stereocenters. The Morgan fingerprint density at radius 2 is 1.66 bits per heavy atom. The molecule has 0 saturated heterocycles. The molecule has 0 aliphatic heterocycles. The van der Waals surface area contributed by atoms with Crippen LogP contribution in [0.3, 0.4) is 0 Å². The molecule has 3 rings (SSSR count). The highest BCUT2D eigenvalue weighted by Gasteiger charge is 2.08. The Morgan fingerprint density at radius 1 is 0.931 bits per heavy atom. The minimum atomic E-state index is -0.431. The number of nitrogens with zero attached hydrogens (tertiary/aromatic N) is 2. The van der Waals surface area contributed by atoms with Crippen LogP contribution in [0.15, 0.2) is 71.7 Å². The second-order valence-electron chi connectivity index (χ2n) is 6.08. The largest absolute Gasteiger partial charge is 0.497 e. The number of non-ortho nitro benzene ring substituents is 1. The van der Waals surface area contributed by atoms with Crippen LogP contribution in [0.4, 0.5) is 11.4 Å². The van der Waals surface area contributed by atoms with Crippen LogP contribution < -0.4 is 14.2 Å². The summed E-state index contributed by atoms with van der Waals surface area (Å²) in [7, 11) is 3.19. The Balaban J connectivity index is 1.67. The summed E-state index contributed by atoms with van der Waals surface area (Å²) in [4.78, 5) is 14.7. The van der Waals surface area contributed by atoms with Crippen molar-refractivity contribution in [1.82, 2.24) is 0 Å². The van der Waals surface area contributed by atoms with Crippen LogP contribution in [-0.2, 0) is 6.61 Å². The first-order valence-electron chi connectivity index (χ1n) is 8.81. The van der Waals surface area contributed by atoms with Gasteiger partial charge in [0.05, 0.1) is 24.8 Å². The molecule has 0 aliphatic carbocycles. The molecule has 29 heavy (non-hydrogen) atoms. The molecule has 7 nitrogen and oxygen atoms in total. The predicted molar refractivity (Wildman–Crippen MR) is 111 cm³/mol. The number of ether oxygens (including phenoxy) is 3. The Kier molecular flexibility index (Phi) is 6.42. The molecule has 0 unspecified atom stereocenters. The number of aliphatic imine (C=N–C) groups is 1. The van der Waals surface area contributed by atoms with Crippen molar-refractivity contribution in [2.45, 2.75) is 6.61 Å². The fourth-order valence-corrected chi connectivity index (χ4v) is 2.58. The predicted octanol–water partition coefficient (Wildman–Crippen LogP) is 4.94. The van der Waals surface area contributed by atoms with Crippen molar-refractivity contribution >= 4 is 17.6 Å². The van der Waals surface area contributed by atoms with Crippen LogP contribution in [0.1, 0.15) is 11.1 Å². The molecule has 0 bridgehead atoms. The third kappa shape index (κ3) is 5.32. The van der Waals surface area contributed by atoms with E-state index in [1.165, 1.54) is 12.1 Å². The van der Waals surface area contributed by atoms with Gasteiger partial charge in [-0.2, -0.15) is 0 Å². The van der Waals surface area contributed by atoms with Gasteiger partial charge in [0, 0.05) is 18.3 Å². The van der Waals surface area contributed by atoms with Crippen molar-refractivity contribution in [3.63, 3.8) is 0 Å². The molecule has 3 aromatic carbocycles. The Bertz CT molecular complexity index is 999. The van der Waals surface area contributed by atoms with Crippen LogP contribution >= 0.6 is 0 Å². The maximum atomic E-state index is 10.7. The molecular formula is C22H20N2O5. The first-order valence-corrected chi connectivity index (χ1v) is 8.81. The summed E-state index contributed by atoms with van der Waals surface area (Å²) in [5.41, 5.74) is 2.54. The smallest absolute Gasteiger partial charge is 0.269 e. The summed E-state index contributed by atoms with van der Waals surface area (Å²) in [5.74, 6) is 1.93. The summed E-state index contributed by atoms with van der Waals surface area (Å²) >= 11 is 0. The molecule has 0 N–H and O–H groups in total. The highest BCUT2D eigenvalue weighted by Crippen LogP contribution is 2.29. The van der Waals surface area contributed by atoms with E-state index in [9.17, 15) is 10.1 Å². The average Bonchev–Trinajstić information content (AvgIpc) is 2.77. The van der Waals surface area contributed by atoms with Crippen LogP contribution in [-0.4, -0.2) is 25.4 Å². The maximum Gasteiger partial charge on any atom is 0.269 e. The lowest BCUT2D eigenvalue weighted by molar-refractivity contribution is -0.384. The van der Waals surface area contributed by atoms with Gasteiger partial charge in [-0.1, -0.05) is 0 Å². The first kappa shape index (κ1) is 19.9. The van der Waals surface area contributed by atoms with Crippen LogP contribution in [0.2, 0.25) is 0 Å². The van der Waals surface area contributed by atoms with E-state index >= 15 is 0 Å². The molecular weight excluding hydrogens is 372 g/mol. The highest BCUT2D eigenvalue weighted by molar-refractivity contribution is 5.83. The molecule has 7 heteroatoms. The minimum absolute atomic E-state index is 0.0480. The average molecular weight is 392 g/mol. The number of benzene rings is 3. The number of nitro groups is 1. The first-order chi connectivity index (χ1) is 14.1. The van der Waals surface area contributed by atoms with E-state index in [4.69, 9.17) is 14.2 Å². The van der Waals surface area contributed by atoms with Crippen molar-refractivity contribution in [2.24, 2.45) is 4.99 Å². The molecule has 0 radical (unpaired) electrons. The van der Waals surface area contributed by atoms with Crippen LogP contribution in [0, 0.1) is 10.1 Å². The number of hydrogen-bond donors (Lipinski definition) is 0. The van der Waals surface area contributed by atoms with E-state index < -0.39 is 4.92 Å². The SMILES string of the molecule is COc1ccc(N=Cc2ccc(OCc3ccc([N+](=O)[O-])cc3)c(OC)c2)cc1. The van der Waals surface area contributed by atoms with Crippen molar-refractivity contribution in [2.75, 3.05) is 14.2 Å². The van der Waals surface area contributed by atoms with Crippen molar-refractivity contribution in [1.29, 1.82) is 0 Å². The third-order valence-electron chi connectivity index (χ3n) is 4.16. The number of hydrogen-bond acceptors (Lipinski definition) is 6. The van der Waals surface area contributed by atoms with Gasteiger partial charge in [0.25, 0.3) is 5.69 Å². The van der Waals surface area contributed by atoms with Gasteiger partial charge in [0.2, 0.25) is 0 Å². The number of rotatable bonds is 8. The molecule has 0 spiro atoms. The molecule has 3 aromatic rings. The molecule has 0 saturated carbocycles. The van der Waals surface area contributed by atoms with E-state index in [1.807, 2.05) is 36.4 Å². The number of nitro benzene ring substituents is 1. The standard InChI is InChI=1S/C22H20N2O5/c1-27-20-10-6-18(7-11-20)23-14-17-5-12-21(22(13-17)28-2)29-15-16-3-8-19(9-4-16)24(25)26/h3-14H,15H2,1-2H3. The quantitative estimate of drug-likeness (QED) is 0.308. The van der Waals surface area contributed by atoms with Crippen LogP contribution in [0.25, 0.3) is 0 Å². The Hall–Kier alpha value is -3.87. The summed E-state index contributed by atoms with van der Waals surface area (Å²) < 4.78 is 16.4. The number of methoxy groups -OCH3 is 2. The molecule has 0 aromatic heterocycles. The normalized spacial score (nSPS) is 10.7. The Morgan fingerprint density at radius 3 is 2.28 bits per heavy atom. The molecule has 0 amide bonds. The van der Waals surface area contributed by atoms with E-state index in [0.29, 0.717) is 11.5 Å². The highest BCUT2D eigenvalue weighted by atomic mass is 16.6. The fraction of sp³-hybridized carbons (Fsp3) is 0.136.